The summed E-state index contributed by atoms with van der Waals surface area (Å²) in [7, 11) is 0. The van der Waals surface area contributed by atoms with Gasteiger partial charge in [-0.25, -0.2) is 0 Å². The van der Waals surface area contributed by atoms with Crippen LogP contribution in [0.25, 0.3) is 0 Å². The first-order valence-electron chi connectivity index (χ1n) is 15.8. The molecule has 0 amide bonds. The third-order valence-electron chi connectivity index (χ3n) is 9.65. The first-order chi connectivity index (χ1) is 21.1. The van der Waals surface area contributed by atoms with Crippen molar-refractivity contribution < 1.29 is 18.9 Å². The molecule has 4 aliphatic heterocycles. The van der Waals surface area contributed by atoms with Gasteiger partial charge in [0.15, 0.2) is 0 Å². The fourth-order valence-corrected chi connectivity index (χ4v) is 6.76. The van der Waals surface area contributed by atoms with Crippen LogP contribution in [-0.4, -0.2) is 77.0 Å². The third kappa shape index (κ3) is 6.76. The van der Waals surface area contributed by atoms with E-state index in [1.807, 2.05) is 0 Å². The van der Waals surface area contributed by atoms with E-state index < -0.39 is 0 Å². The van der Waals surface area contributed by atoms with Gasteiger partial charge in [-0.1, -0.05) is 87.3 Å². The fourth-order valence-electron chi connectivity index (χ4n) is 6.16. The van der Waals surface area contributed by atoms with Crippen molar-refractivity contribution in [1.82, 2.24) is 0 Å². The van der Waals surface area contributed by atoms with Crippen LogP contribution in [-0.2, 0) is 29.8 Å². The molecule has 4 aliphatic rings. The number of anilines is 2. The molecule has 8 heteroatoms. The number of benzene rings is 3. The zero-order valence-electron chi connectivity index (χ0n) is 26.0. The molecule has 44 heavy (non-hydrogen) atoms. The number of hydrogen-bond acceptors (Lipinski definition) is 6. The van der Waals surface area contributed by atoms with E-state index in [1.165, 1.54) is 22.3 Å². The van der Waals surface area contributed by atoms with Gasteiger partial charge in [-0.05, 0) is 46.5 Å². The first-order valence-corrected chi connectivity index (χ1v) is 16.5. The lowest BCUT2D eigenvalue weighted by Gasteiger charge is -2.31. The number of rotatable bonds is 14. The van der Waals surface area contributed by atoms with Crippen molar-refractivity contribution in [2.75, 3.05) is 62.4 Å². The minimum atomic E-state index is -0.222. The molecule has 3 aromatic rings. The molecule has 4 fully saturated rings. The maximum Gasteiger partial charge on any atom is 0.0984 e. The highest BCUT2D eigenvalue weighted by atomic mass is 35.5. The van der Waals surface area contributed by atoms with Crippen LogP contribution >= 0.6 is 23.2 Å². The molecule has 234 valence electrons. The molecule has 0 aromatic heterocycles. The van der Waals surface area contributed by atoms with Gasteiger partial charge in [-0.15, -0.1) is 0 Å². The molecule has 4 unspecified atom stereocenters. The predicted molar refractivity (Wildman–Crippen MR) is 177 cm³/mol. The van der Waals surface area contributed by atoms with Gasteiger partial charge >= 0.3 is 0 Å². The van der Waals surface area contributed by atoms with Crippen molar-refractivity contribution in [1.29, 1.82) is 0 Å². The molecular weight excluding hydrogens is 595 g/mol. The van der Waals surface area contributed by atoms with Crippen LogP contribution in [0.4, 0.5) is 11.4 Å². The highest BCUT2D eigenvalue weighted by Crippen LogP contribution is 2.40. The molecule has 0 N–H and O–H groups in total. The van der Waals surface area contributed by atoms with E-state index in [1.54, 1.807) is 0 Å². The Morgan fingerprint density at radius 1 is 0.523 bits per heavy atom. The van der Waals surface area contributed by atoms with Gasteiger partial charge in [-0.2, -0.15) is 0 Å². The summed E-state index contributed by atoms with van der Waals surface area (Å²) in [5.74, 6) is 0. The van der Waals surface area contributed by atoms with Crippen molar-refractivity contribution in [2.24, 2.45) is 0 Å². The van der Waals surface area contributed by atoms with Crippen molar-refractivity contribution >= 4 is 34.6 Å². The molecule has 6 nitrogen and oxygen atoms in total. The summed E-state index contributed by atoms with van der Waals surface area (Å²) in [6, 6.07) is 22.0. The standard InChI is InChI=1S/C36H42Cl2N2O4/c1-35(2,25-9-11-33(31(37)13-25)39(15-27-19-41-27)16-28-20-42-28)23-5-7-24(8-6-23)36(3,4)26-10-12-34(32(38)14-26)40(17-29-21-43-29)18-30-22-44-30/h5-14,27-30H,15-22H2,1-4H3. The topological polar surface area (TPSA) is 56.6 Å². The maximum absolute atomic E-state index is 6.93. The Morgan fingerprint density at radius 3 is 1.05 bits per heavy atom. The quantitative estimate of drug-likeness (QED) is 0.180. The van der Waals surface area contributed by atoms with E-state index in [4.69, 9.17) is 42.1 Å². The lowest BCUT2D eigenvalue weighted by Crippen LogP contribution is -2.32. The maximum atomic E-state index is 6.93. The van der Waals surface area contributed by atoms with Gasteiger partial charge in [-0.3, -0.25) is 0 Å². The molecule has 0 radical (unpaired) electrons. The summed E-state index contributed by atoms with van der Waals surface area (Å²) in [5.41, 5.74) is 6.49. The smallest absolute Gasteiger partial charge is 0.0984 e. The van der Waals surface area contributed by atoms with Gasteiger partial charge in [0.1, 0.15) is 0 Å². The summed E-state index contributed by atoms with van der Waals surface area (Å²) in [4.78, 5) is 4.62. The van der Waals surface area contributed by atoms with Crippen LogP contribution in [0.3, 0.4) is 0 Å². The minimum Gasteiger partial charge on any atom is -0.371 e. The molecule has 3 aromatic carbocycles. The van der Waals surface area contributed by atoms with Crippen molar-refractivity contribution in [3.8, 4) is 0 Å². The van der Waals surface area contributed by atoms with Crippen LogP contribution in [0.1, 0.15) is 49.9 Å². The Hall–Kier alpha value is -2.32. The lowest BCUT2D eigenvalue weighted by molar-refractivity contribution is 0.388. The second-order valence-electron chi connectivity index (χ2n) is 13.8. The van der Waals surface area contributed by atoms with E-state index >= 15 is 0 Å². The predicted octanol–water partition coefficient (Wildman–Crippen LogP) is 6.85. The molecule has 7 rings (SSSR count). The normalized spacial score (nSPS) is 23.8. The Bertz CT molecular complexity index is 1350. The Balaban J connectivity index is 1.08. The molecule has 0 aliphatic carbocycles. The monoisotopic (exact) mass is 636 g/mol. The van der Waals surface area contributed by atoms with Crippen molar-refractivity contribution in [3.05, 3.63) is 93.0 Å². The Labute approximate surface area is 271 Å². The summed E-state index contributed by atoms with van der Waals surface area (Å²) in [6.45, 7) is 15.7. The molecule has 4 saturated heterocycles. The summed E-state index contributed by atoms with van der Waals surface area (Å²) >= 11 is 13.9. The largest absolute Gasteiger partial charge is 0.371 e. The van der Waals surface area contributed by atoms with Gasteiger partial charge in [0.05, 0.1) is 72.3 Å². The van der Waals surface area contributed by atoms with Crippen LogP contribution in [0, 0.1) is 0 Å². The Morgan fingerprint density at radius 2 is 0.795 bits per heavy atom. The third-order valence-corrected chi connectivity index (χ3v) is 10.3. The van der Waals surface area contributed by atoms with E-state index in [9.17, 15) is 0 Å². The number of nitrogens with zero attached hydrogens (tertiary/aromatic N) is 2. The zero-order chi connectivity index (χ0) is 30.6. The molecule has 4 heterocycles. The van der Waals surface area contributed by atoms with Crippen LogP contribution in [0.15, 0.2) is 60.7 Å². The number of halogens is 2. The second kappa shape index (κ2) is 11.8. The SMILES string of the molecule is CC(C)(c1ccc(C(C)(C)c2ccc(N(CC3CO3)CC3CO3)c(Cl)c2)cc1)c1ccc(N(CC2CO2)CC2CO2)c(Cl)c1. The van der Waals surface area contributed by atoms with Gasteiger partial charge in [0, 0.05) is 37.0 Å². The average Bonchev–Trinajstić information content (AvgIpc) is 3.79. The molecule has 4 atom stereocenters. The summed E-state index contributed by atoms with van der Waals surface area (Å²) < 4.78 is 22.0. The van der Waals surface area contributed by atoms with Crippen LogP contribution < -0.4 is 9.80 Å². The van der Waals surface area contributed by atoms with Gasteiger partial charge in [0.2, 0.25) is 0 Å². The summed E-state index contributed by atoms with van der Waals surface area (Å²) in [6.07, 6.45) is 1.16. The van der Waals surface area contributed by atoms with E-state index in [2.05, 4.69) is 98.2 Å². The van der Waals surface area contributed by atoms with Crippen LogP contribution in [0.5, 0.6) is 0 Å². The second-order valence-corrected chi connectivity index (χ2v) is 14.6. The number of hydrogen-bond donors (Lipinski definition) is 0. The fraction of sp³-hybridized carbons (Fsp3) is 0.500. The first kappa shape index (κ1) is 30.3. The average molecular weight is 638 g/mol. The molecule has 0 spiro atoms. The zero-order valence-corrected chi connectivity index (χ0v) is 27.5. The van der Waals surface area contributed by atoms with E-state index in [0.717, 1.165) is 74.0 Å². The van der Waals surface area contributed by atoms with Gasteiger partial charge in [0.25, 0.3) is 0 Å². The summed E-state index contributed by atoms with van der Waals surface area (Å²) in [5, 5.41) is 1.53. The molecule has 0 bridgehead atoms. The number of epoxide rings is 4. The molecule has 0 saturated carbocycles. The van der Waals surface area contributed by atoms with E-state index in [0.29, 0.717) is 0 Å². The highest BCUT2D eigenvalue weighted by molar-refractivity contribution is 6.33. The Kier molecular flexibility index (Phi) is 8.14. The van der Waals surface area contributed by atoms with Crippen molar-refractivity contribution in [3.63, 3.8) is 0 Å². The van der Waals surface area contributed by atoms with Crippen LogP contribution in [0.2, 0.25) is 10.0 Å². The van der Waals surface area contributed by atoms with E-state index in [-0.39, 0.29) is 35.2 Å². The number of ether oxygens (including phenoxy) is 4. The minimum absolute atomic E-state index is 0.222. The van der Waals surface area contributed by atoms with Crippen molar-refractivity contribution in [2.45, 2.75) is 62.9 Å². The lowest BCUT2D eigenvalue weighted by atomic mass is 9.74. The molecular formula is C36H42Cl2N2O4. The van der Waals surface area contributed by atoms with Gasteiger partial charge < -0.3 is 28.7 Å². The highest BCUT2D eigenvalue weighted by Gasteiger charge is 2.34.